The number of hydrogen-bond donors (Lipinski definition) is 1. The van der Waals surface area contributed by atoms with E-state index < -0.39 is 0 Å². The summed E-state index contributed by atoms with van der Waals surface area (Å²) >= 11 is 0. The Balaban J connectivity index is 2.98. The Morgan fingerprint density at radius 3 is 2.75 bits per heavy atom. The summed E-state index contributed by atoms with van der Waals surface area (Å²) in [6.07, 6.45) is 4.99. The van der Waals surface area contributed by atoms with Crippen molar-refractivity contribution in [1.29, 1.82) is 0 Å². The molecular weight excluding hydrogens is 198 g/mol. The number of aromatic nitrogens is 1. The van der Waals surface area contributed by atoms with Gasteiger partial charge in [0.2, 0.25) is 0 Å². The summed E-state index contributed by atoms with van der Waals surface area (Å²) in [5.74, 6) is 0. The molecule has 3 heteroatoms. The maximum atomic E-state index is 4.20. The number of nitrogens with one attached hydrogen (secondary N) is 1. The van der Waals surface area contributed by atoms with Gasteiger partial charge in [-0.25, -0.2) is 0 Å². The summed E-state index contributed by atoms with van der Waals surface area (Å²) in [6, 6.07) is 2.69. The number of rotatable bonds is 6. The van der Waals surface area contributed by atoms with E-state index in [4.69, 9.17) is 0 Å². The van der Waals surface area contributed by atoms with E-state index in [0.29, 0.717) is 6.04 Å². The van der Waals surface area contributed by atoms with Crippen LogP contribution in [0, 0.1) is 0 Å². The van der Waals surface area contributed by atoms with Gasteiger partial charge in [-0.15, -0.1) is 0 Å². The summed E-state index contributed by atoms with van der Waals surface area (Å²) in [5.41, 5.74) is 2.58. The first-order valence-corrected chi connectivity index (χ1v) is 6.08. The maximum absolute atomic E-state index is 4.20. The Morgan fingerprint density at radius 1 is 1.44 bits per heavy atom. The van der Waals surface area contributed by atoms with E-state index in [-0.39, 0.29) is 0 Å². The van der Waals surface area contributed by atoms with Crippen LogP contribution in [0.2, 0.25) is 0 Å². The quantitative estimate of drug-likeness (QED) is 0.799. The van der Waals surface area contributed by atoms with Crippen molar-refractivity contribution in [2.45, 2.75) is 39.8 Å². The molecule has 1 N–H and O–H groups in total. The monoisotopic (exact) mass is 221 g/mol. The van der Waals surface area contributed by atoms with Crippen molar-refractivity contribution >= 4 is 5.69 Å². The summed E-state index contributed by atoms with van der Waals surface area (Å²) in [4.78, 5) is 6.64. The van der Waals surface area contributed by atoms with E-state index in [2.05, 4.69) is 42.0 Å². The van der Waals surface area contributed by atoms with Gasteiger partial charge in [-0.05, 0) is 33.4 Å². The smallest absolute Gasteiger partial charge is 0.0445 e. The highest BCUT2D eigenvalue weighted by atomic mass is 15.2. The lowest BCUT2D eigenvalue weighted by Crippen LogP contribution is -2.33. The molecule has 0 aromatic carbocycles. The Bertz CT molecular complexity index is 312. The van der Waals surface area contributed by atoms with Crippen molar-refractivity contribution < 1.29 is 0 Å². The number of hydrogen-bond acceptors (Lipinski definition) is 3. The number of anilines is 1. The predicted molar refractivity (Wildman–Crippen MR) is 69.8 cm³/mol. The van der Waals surface area contributed by atoms with Crippen LogP contribution in [-0.2, 0) is 6.54 Å². The van der Waals surface area contributed by atoms with Crippen molar-refractivity contribution in [3.63, 3.8) is 0 Å². The molecule has 16 heavy (non-hydrogen) atoms. The summed E-state index contributed by atoms with van der Waals surface area (Å²) in [6.45, 7) is 8.61. The van der Waals surface area contributed by atoms with Gasteiger partial charge in [-0.3, -0.25) is 4.98 Å². The topological polar surface area (TPSA) is 28.2 Å². The Kier molecular flexibility index (Phi) is 5.26. The molecule has 0 saturated carbocycles. The lowest BCUT2D eigenvalue weighted by molar-refractivity contribution is 0.625. The molecule has 0 aliphatic rings. The Labute approximate surface area is 98.9 Å². The summed E-state index contributed by atoms with van der Waals surface area (Å²) < 4.78 is 0. The standard InChI is InChI=1S/C13H23N3/c1-5-11(3)16(6-2)13-7-8-15-10-12(13)9-14-4/h7-8,10-11,14H,5-6,9H2,1-4H3. The van der Waals surface area contributed by atoms with Crippen LogP contribution >= 0.6 is 0 Å². The van der Waals surface area contributed by atoms with Crippen LogP contribution < -0.4 is 10.2 Å². The third-order valence-corrected chi connectivity index (χ3v) is 3.02. The lowest BCUT2D eigenvalue weighted by atomic mass is 10.1. The maximum Gasteiger partial charge on any atom is 0.0445 e. The fourth-order valence-corrected chi connectivity index (χ4v) is 1.97. The van der Waals surface area contributed by atoms with Gasteiger partial charge < -0.3 is 10.2 Å². The highest BCUT2D eigenvalue weighted by Gasteiger charge is 2.13. The summed E-state index contributed by atoms with van der Waals surface area (Å²) in [7, 11) is 1.97. The Hall–Kier alpha value is -1.09. The highest BCUT2D eigenvalue weighted by Crippen LogP contribution is 2.22. The van der Waals surface area contributed by atoms with Crippen LogP contribution in [0.3, 0.4) is 0 Å². The molecule has 3 nitrogen and oxygen atoms in total. The molecule has 0 fully saturated rings. The largest absolute Gasteiger partial charge is 0.369 e. The van der Waals surface area contributed by atoms with E-state index in [0.717, 1.165) is 19.5 Å². The molecule has 90 valence electrons. The number of pyridine rings is 1. The van der Waals surface area contributed by atoms with Gasteiger partial charge in [-0.2, -0.15) is 0 Å². The third-order valence-electron chi connectivity index (χ3n) is 3.02. The molecule has 0 bridgehead atoms. The first-order valence-electron chi connectivity index (χ1n) is 6.08. The molecule has 1 aromatic rings. The average Bonchev–Trinajstić information content (AvgIpc) is 2.32. The van der Waals surface area contributed by atoms with Crippen molar-refractivity contribution in [3.05, 3.63) is 24.0 Å². The minimum absolute atomic E-state index is 0.572. The van der Waals surface area contributed by atoms with Gasteiger partial charge in [0.25, 0.3) is 0 Å². The molecule has 1 aromatic heterocycles. The van der Waals surface area contributed by atoms with Crippen molar-refractivity contribution in [1.82, 2.24) is 10.3 Å². The average molecular weight is 221 g/mol. The molecule has 1 atom stereocenters. The molecular formula is C13H23N3. The summed E-state index contributed by atoms with van der Waals surface area (Å²) in [5, 5.41) is 3.19. The van der Waals surface area contributed by atoms with Crippen molar-refractivity contribution in [2.24, 2.45) is 0 Å². The van der Waals surface area contributed by atoms with E-state index in [9.17, 15) is 0 Å². The van der Waals surface area contributed by atoms with E-state index in [1.54, 1.807) is 0 Å². The van der Waals surface area contributed by atoms with E-state index in [1.807, 2.05) is 19.4 Å². The second kappa shape index (κ2) is 6.48. The molecule has 1 unspecified atom stereocenters. The van der Waals surface area contributed by atoms with Crippen LogP contribution in [0.15, 0.2) is 18.5 Å². The molecule has 0 radical (unpaired) electrons. The van der Waals surface area contributed by atoms with Crippen LogP contribution in [0.5, 0.6) is 0 Å². The van der Waals surface area contributed by atoms with Gasteiger partial charge in [0.1, 0.15) is 0 Å². The fourth-order valence-electron chi connectivity index (χ4n) is 1.97. The molecule has 0 aliphatic heterocycles. The van der Waals surface area contributed by atoms with Crippen LogP contribution in [-0.4, -0.2) is 24.6 Å². The minimum atomic E-state index is 0.572. The Morgan fingerprint density at radius 2 is 2.19 bits per heavy atom. The normalized spacial score (nSPS) is 12.5. The van der Waals surface area contributed by atoms with E-state index >= 15 is 0 Å². The predicted octanol–water partition coefficient (Wildman–Crippen LogP) is 2.43. The SMILES string of the molecule is CCC(C)N(CC)c1ccncc1CNC. The van der Waals surface area contributed by atoms with Gasteiger partial charge in [0.05, 0.1) is 0 Å². The first-order chi connectivity index (χ1) is 7.74. The van der Waals surface area contributed by atoms with Gasteiger partial charge in [0.15, 0.2) is 0 Å². The molecule has 0 spiro atoms. The second-order valence-electron chi connectivity index (χ2n) is 4.08. The minimum Gasteiger partial charge on any atom is -0.369 e. The molecule has 0 saturated heterocycles. The second-order valence-corrected chi connectivity index (χ2v) is 4.08. The number of nitrogens with zero attached hydrogens (tertiary/aromatic N) is 2. The zero-order chi connectivity index (χ0) is 12.0. The zero-order valence-electron chi connectivity index (χ0n) is 10.8. The fraction of sp³-hybridized carbons (Fsp3) is 0.615. The van der Waals surface area contributed by atoms with Crippen LogP contribution in [0.1, 0.15) is 32.8 Å². The van der Waals surface area contributed by atoms with Gasteiger partial charge in [0, 0.05) is 42.8 Å². The van der Waals surface area contributed by atoms with E-state index in [1.165, 1.54) is 11.3 Å². The van der Waals surface area contributed by atoms with Gasteiger partial charge in [-0.1, -0.05) is 6.92 Å². The molecule has 1 heterocycles. The van der Waals surface area contributed by atoms with Crippen molar-refractivity contribution in [2.75, 3.05) is 18.5 Å². The van der Waals surface area contributed by atoms with Crippen LogP contribution in [0.4, 0.5) is 5.69 Å². The molecule has 0 aliphatic carbocycles. The van der Waals surface area contributed by atoms with Gasteiger partial charge >= 0.3 is 0 Å². The molecule has 0 amide bonds. The lowest BCUT2D eigenvalue weighted by Gasteiger charge is -2.31. The zero-order valence-corrected chi connectivity index (χ0v) is 10.8. The molecule has 1 rings (SSSR count). The highest BCUT2D eigenvalue weighted by molar-refractivity contribution is 5.52. The van der Waals surface area contributed by atoms with Crippen LogP contribution in [0.25, 0.3) is 0 Å². The third kappa shape index (κ3) is 2.95. The van der Waals surface area contributed by atoms with Crippen molar-refractivity contribution in [3.8, 4) is 0 Å². The first kappa shape index (κ1) is 13.0.